The van der Waals surface area contributed by atoms with Crippen molar-refractivity contribution in [1.82, 2.24) is 39.5 Å². The number of para-hydroxylation sites is 2. The molecule has 0 N–H and O–H groups in total. The predicted octanol–water partition coefficient (Wildman–Crippen LogP) is 4.93. The molecular formula is C27H22F2N8S. The van der Waals surface area contributed by atoms with E-state index in [1.165, 1.54) is 24.3 Å². The van der Waals surface area contributed by atoms with Gasteiger partial charge in [-0.1, -0.05) is 58.6 Å². The summed E-state index contributed by atoms with van der Waals surface area (Å²) in [7, 11) is 0. The lowest BCUT2D eigenvalue weighted by atomic mass is 10.2. The number of halogens is 2. The monoisotopic (exact) mass is 528 g/mol. The Hall–Kier alpha value is -4.38. The van der Waals surface area contributed by atoms with Gasteiger partial charge >= 0.3 is 0 Å². The van der Waals surface area contributed by atoms with Crippen LogP contribution in [0.4, 0.5) is 8.78 Å². The van der Waals surface area contributed by atoms with Gasteiger partial charge in [0, 0.05) is 11.9 Å². The van der Waals surface area contributed by atoms with Gasteiger partial charge in [0.25, 0.3) is 0 Å². The van der Waals surface area contributed by atoms with E-state index in [4.69, 9.17) is 4.98 Å². The molecule has 0 bridgehead atoms. The van der Waals surface area contributed by atoms with E-state index in [1.54, 1.807) is 45.4 Å². The van der Waals surface area contributed by atoms with Gasteiger partial charge in [-0.05, 0) is 47.5 Å². The zero-order chi connectivity index (χ0) is 25.9. The first-order valence-electron chi connectivity index (χ1n) is 11.9. The maximum absolute atomic E-state index is 13.2. The molecule has 3 aromatic carbocycles. The van der Waals surface area contributed by atoms with Gasteiger partial charge in [-0.25, -0.2) is 23.1 Å². The lowest BCUT2D eigenvalue weighted by molar-refractivity contribution is 0.621. The van der Waals surface area contributed by atoms with Crippen molar-refractivity contribution in [2.45, 2.75) is 30.5 Å². The summed E-state index contributed by atoms with van der Waals surface area (Å²) in [5, 5.41) is 17.9. The summed E-state index contributed by atoms with van der Waals surface area (Å²) in [4.78, 5) is 4.83. The summed E-state index contributed by atoms with van der Waals surface area (Å²) in [6.07, 6.45) is 3.79. The SMILES string of the molecule is Fc1ccc(Cn2cc(CSc3nc4ccccc4n3Cc3cn(Cc4ccc(F)cc4)nn3)nn2)cc1. The molecule has 0 saturated carbocycles. The summed E-state index contributed by atoms with van der Waals surface area (Å²) in [5.74, 6) is 0.0625. The van der Waals surface area contributed by atoms with E-state index in [1.807, 2.05) is 36.7 Å². The Morgan fingerprint density at radius 3 is 1.89 bits per heavy atom. The number of benzene rings is 3. The first-order chi connectivity index (χ1) is 18.6. The average molecular weight is 529 g/mol. The number of aromatic nitrogens is 8. The Bertz CT molecular complexity index is 1670. The summed E-state index contributed by atoms with van der Waals surface area (Å²) in [5.41, 5.74) is 5.41. The molecule has 0 amide bonds. The highest BCUT2D eigenvalue weighted by Crippen LogP contribution is 2.27. The van der Waals surface area contributed by atoms with E-state index in [0.717, 1.165) is 38.7 Å². The van der Waals surface area contributed by atoms with Gasteiger partial charge in [-0.3, -0.25) is 0 Å². The molecule has 6 rings (SSSR count). The minimum atomic E-state index is -0.263. The van der Waals surface area contributed by atoms with Crippen molar-refractivity contribution in [2.24, 2.45) is 0 Å². The van der Waals surface area contributed by atoms with Crippen molar-refractivity contribution in [3.05, 3.63) is 119 Å². The molecular weight excluding hydrogens is 506 g/mol. The Kier molecular flexibility index (Phi) is 6.65. The molecule has 3 heterocycles. The fourth-order valence-corrected chi connectivity index (χ4v) is 5.03. The zero-order valence-corrected chi connectivity index (χ0v) is 21.0. The zero-order valence-electron chi connectivity index (χ0n) is 20.2. The number of hydrogen-bond acceptors (Lipinski definition) is 6. The van der Waals surface area contributed by atoms with Crippen LogP contribution in [0.5, 0.6) is 0 Å². The number of rotatable bonds is 9. The Morgan fingerprint density at radius 1 is 0.658 bits per heavy atom. The molecule has 0 fully saturated rings. The number of imidazole rings is 1. The fraction of sp³-hybridized carbons (Fsp3) is 0.148. The van der Waals surface area contributed by atoms with E-state index in [2.05, 4.69) is 25.2 Å². The second-order valence-corrected chi connectivity index (χ2v) is 9.77. The van der Waals surface area contributed by atoms with Gasteiger partial charge in [0.15, 0.2) is 5.16 Å². The van der Waals surface area contributed by atoms with Crippen molar-refractivity contribution >= 4 is 22.8 Å². The smallest absolute Gasteiger partial charge is 0.169 e. The first kappa shape index (κ1) is 24.0. The van der Waals surface area contributed by atoms with Gasteiger partial charge < -0.3 is 4.57 Å². The quantitative estimate of drug-likeness (QED) is 0.248. The normalized spacial score (nSPS) is 11.4. The topological polar surface area (TPSA) is 79.2 Å². The number of thioether (sulfide) groups is 1. The van der Waals surface area contributed by atoms with E-state index >= 15 is 0 Å². The highest BCUT2D eigenvalue weighted by atomic mass is 32.2. The van der Waals surface area contributed by atoms with Crippen molar-refractivity contribution < 1.29 is 8.78 Å². The molecule has 0 unspecified atom stereocenters. The van der Waals surface area contributed by atoms with Gasteiger partial charge in [0.2, 0.25) is 0 Å². The molecule has 8 nitrogen and oxygen atoms in total. The molecule has 11 heteroatoms. The lowest BCUT2D eigenvalue weighted by Gasteiger charge is -2.06. The Labute approximate surface area is 220 Å². The van der Waals surface area contributed by atoms with Crippen molar-refractivity contribution in [3.8, 4) is 0 Å². The van der Waals surface area contributed by atoms with Crippen LogP contribution in [-0.2, 0) is 25.4 Å². The van der Waals surface area contributed by atoms with E-state index in [0.29, 0.717) is 25.4 Å². The average Bonchev–Trinajstić information content (AvgIpc) is 3.65. The van der Waals surface area contributed by atoms with E-state index < -0.39 is 0 Å². The Balaban J connectivity index is 1.17. The highest BCUT2D eigenvalue weighted by molar-refractivity contribution is 7.98. The molecule has 38 heavy (non-hydrogen) atoms. The first-order valence-corrected chi connectivity index (χ1v) is 12.9. The Morgan fingerprint density at radius 2 is 1.24 bits per heavy atom. The third-order valence-electron chi connectivity index (χ3n) is 5.98. The third kappa shape index (κ3) is 5.47. The summed E-state index contributed by atoms with van der Waals surface area (Å²) >= 11 is 1.57. The standard InChI is InChI=1S/C27H22F2N8S/c28-21-9-5-19(6-10-21)13-35-15-23(31-33-35)17-37-26-4-2-1-3-25(26)30-27(37)38-18-24-16-36(34-32-24)14-20-7-11-22(29)12-8-20/h1-12,15-16H,13-14,17-18H2. The lowest BCUT2D eigenvalue weighted by Crippen LogP contribution is -2.02. The molecule has 0 aliphatic heterocycles. The number of fused-ring (bicyclic) bond motifs is 1. The van der Waals surface area contributed by atoms with Crippen LogP contribution in [0.2, 0.25) is 0 Å². The predicted molar refractivity (Wildman–Crippen MR) is 139 cm³/mol. The van der Waals surface area contributed by atoms with Crippen LogP contribution in [0.25, 0.3) is 11.0 Å². The summed E-state index contributed by atoms with van der Waals surface area (Å²) in [6.45, 7) is 1.53. The van der Waals surface area contributed by atoms with Crippen LogP contribution in [0.3, 0.4) is 0 Å². The maximum atomic E-state index is 13.2. The second kappa shape index (κ2) is 10.5. The third-order valence-corrected chi connectivity index (χ3v) is 6.99. The molecule has 0 saturated heterocycles. The van der Waals surface area contributed by atoms with Crippen molar-refractivity contribution in [2.75, 3.05) is 0 Å². The fourth-order valence-electron chi connectivity index (χ4n) is 4.14. The molecule has 190 valence electrons. The minimum absolute atomic E-state index is 0.261. The van der Waals surface area contributed by atoms with E-state index in [9.17, 15) is 8.78 Å². The second-order valence-electron chi connectivity index (χ2n) is 8.83. The summed E-state index contributed by atoms with van der Waals surface area (Å²) in [6, 6.07) is 20.7. The van der Waals surface area contributed by atoms with Crippen LogP contribution in [0, 0.1) is 11.6 Å². The molecule has 3 aromatic heterocycles. The van der Waals surface area contributed by atoms with Crippen molar-refractivity contribution in [3.63, 3.8) is 0 Å². The van der Waals surface area contributed by atoms with Crippen LogP contribution in [0.1, 0.15) is 22.5 Å². The largest absolute Gasteiger partial charge is 0.313 e. The van der Waals surface area contributed by atoms with Crippen molar-refractivity contribution in [1.29, 1.82) is 0 Å². The molecule has 0 spiro atoms. The van der Waals surface area contributed by atoms with Crippen LogP contribution >= 0.6 is 11.8 Å². The van der Waals surface area contributed by atoms with E-state index in [-0.39, 0.29) is 11.6 Å². The molecule has 0 aliphatic rings. The van der Waals surface area contributed by atoms with Gasteiger partial charge in [-0.15, -0.1) is 10.2 Å². The van der Waals surface area contributed by atoms with Crippen LogP contribution in [0.15, 0.2) is 90.3 Å². The van der Waals surface area contributed by atoms with Gasteiger partial charge in [-0.2, -0.15) is 0 Å². The minimum Gasteiger partial charge on any atom is -0.313 e. The van der Waals surface area contributed by atoms with Gasteiger partial charge in [0.05, 0.1) is 42.6 Å². The molecule has 0 atom stereocenters. The molecule has 0 radical (unpaired) electrons. The van der Waals surface area contributed by atoms with Crippen LogP contribution < -0.4 is 0 Å². The summed E-state index contributed by atoms with van der Waals surface area (Å²) < 4.78 is 32.0. The number of nitrogens with zero attached hydrogens (tertiary/aromatic N) is 8. The van der Waals surface area contributed by atoms with Crippen LogP contribution in [-0.4, -0.2) is 39.5 Å². The molecule has 0 aliphatic carbocycles. The maximum Gasteiger partial charge on any atom is 0.169 e. The molecule has 6 aromatic rings. The highest BCUT2D eigenvalue weighted by Gasteiger charge is 2.14. The number of hydrogen-bond donors (Lipinski definition) is 0. The van der Waals surface area contributed by atoms with Gasteiger partial charge in [0.1, 0.15) is 17.3 Å².